The summed E-state index contributed by atoms with van der Waals surface area (Å²) in [5, 5.41) is 12.4. The Kier molecular flexibility index (Phi) is 4.26. The van der Waals surface area contributed by atoms with Gasteiger partial charge in [0.05, 0.1) is 11.3 Å². The molecule has 0 aliphatic rings. The van der Waals surface area contributed by atoms with Gasteiger partial charge in [0.15, 0.2) is 0 Å². The fourth-order valence-corrected chi connectivity index (χ4v) is 2.33. The molecule has 0 spiro atoms. The van der Waals surface area contributed by atoms with Crippen molar-refractivity contribution < 1.29 is 9.90 Å². The number of aromatic carboxylic acids is 1. The van der Waals surface area contributed by atoms with E-state index >= 15 is 0 Å². The van der Waals surface area contributed by atoms with E-state index in [0.717, 1.165) is 11.3 Å². The first-order chi connectivity index (χ1) is 9.90. The molecule has 0 saturated carbocycles. The topological polar surface area (TPSA) is 62.2 Å². The Morgan fingerprint density at radius 2 is 1.90 bits per heavy atom. The maximum Gasteiger partial charge on any atom is 0.337 e. The molecule has 0 saturated heterocycles. The van der Waals surface area contributed by atoms with E-state index in [0.29, 0.717) is 17.4 Å². The highest BCUT2D eigenvalue weighted by Crippen LogP contribution is 2.29. The lowest BCUT2D eigenvalue weighted by Gasteiger charge is -2.17. The van der Waals surface area contributed by atoms with Crippen molar-refractivity contribution in [2.75, 3.05) is 5.32 Å². The summed E-state index contributed by atoms with van der Waals surface area (Å²) >= 11 is 0. The fourth-order valence-electron chi connectivity index (χ4n) is 2.33. The van der Waals surface area contributed by atoms with Crippen molar-refractivity contribution in [2.45, 2.75) is 33.6 Å². The first-order valence-electron chi connectivity index (χ1n) is 6.97. The van der Waals surface area contributed by atoms with Crippen LogP contribution in [0.3, 0.4) is 0 Å². The van der Waals surface area contributed by atoms with Crippen molar-refractivity contribution >= 4 is 17.5 Å². The van der Waals surface area contributed by atoms with E-state index in [1.807, 2.05) is 19.1 Å². The van der Waals surface area contributed by atoms with E-state index in [1.165, 1.54) is 5.56 Å². The largest absolute Gasteiger partial charge is 0.478 e. The Bertz CT molecular complexity index is 678. The summed E-state index contributed by atoms with van der Waals surface area (Å²) in [5.41, 5.74) is 4.14. The number of anilines is 2. The van der Waals surface area contributed by atoms with Crippen molar-refractivity contribution in [2.24, 2.45) is 0 Å². The van der Waals surface area contributed by atoms with Gasteiger partial charge in [-0.1, -0.05) is 32.0 Å². The monoisotopic (exact) mass is 284 g/mol. The van der Waals surface area contributed by atoms with Gasteiger partial charge < -0.3 is 10.4 Å². The molecule has 0 amide bonds. The number of nitrogens with zero attached hydrogens (tertiary/aromatic N) is 1. The van der Waals surface area contributed by atoms with Crippen LogP contribution in [0.4, 0.5) is 11.5 Å². The molecular formula is C17H20N2O2. The molecule has 2 N–H and O–H groups in total. The zero-order chi connectivity index (χ0) is 15.6. The number of hydrogen-bond donors (Lipinski definition) is 2. The van der Waals surface area contributed by atoms with Crippen LogP contribution in [0.5, 0.6) is 0 Å². The molecular weight excluding hydrogens is 264 g/mol. The van der Waals surface area contributed by atoms with Crippen LogP contribution < -0.4 is 5.32 Å². The van der Waals surface area contributed by atoms with E-state index in [2.05, 4.69) is 30.2 Å². The van der Waals surface area contributed by atoms with E-state index in [4.69, 9.17) is 5.11 Å². The van der Waals surface area contributed by atoms with E-state index < -0.39 is 5.97 Å². The summed E-state index contributed by atoms with van der Waals surface area (Å²) in [7, 11) is 0. The number of aryl methyl sites for hydroxylation is 2. The van der Waals surface area contributed by atoms with E-state index in [1.54, 1.807) is 19.1 Å². The normalized spacial score (nSPS) is 10.7. The quantitative estimate of drug-likeness (QED) is 0.880. The van der Waals surface area contributed by atoms with Crippen LogP contribution in [0.2, 0.25) is 0 Å². The number of rotatable bonds is 4. The van der Waals surface area contributed by atoms with Crippen molar-refractivity contribution in [3.8, 4) is 0 Å². The van der Waals surface area contributed by atoms with Crippen molar-refractivity contribution in [1.29, 1.82) is 0 Å². The van der Waals surface area contributed by atoms with Crippen LogP contribution in [0, 0.1) is 13.8 Å². The number of carboxylic acids is 1. The molecule has 0 unspecified atom stereocenters. The van der Waals surface area contributed by atoms with Gasteiger partial charge in [-0.3, -0.25) is 0 Å². The zero-order valence-corrected chi connectivity index (χ0v) is 12.8. The summed E-state index contributed by atoms with van der Waals surface area (Å²) < 4.78 is 0. The lowest BCUT2D eigenvalue weighted by molar-refractivity contribution is 0.0695. The van der Waals surface area contributed by atoms with Crippen LogP contribution in [0.1, 0.15) is 46.9 Å². The van der Waals surface area contributed by atoms with Gasteiger partial charge in [-0.25, -0.2) is 9.78 Å². The first-order valence-corrected chi connectivity index (χ1v) is 6.97. The number of pyridine rings is 1. The van der Waals surface area contributed by atoms with E-state index in [-0.39, 0.29) is 5.56 Å². The molecule has 110 valence electrons. The van der Waals surface area contributed by atoms with Gasteiger partial charge in [0.2, 0.25) is 0 Å². The predicted molar refractivity (Wildman–Crippen MR) is 84.5 cm³/mol. The van der Waals surface area contributed by atoms with Gasteiger partial charge in [-0.2, -0.15) is 0 Å². The minimum atomic E-state index is -0.953. The second kappa shape index (κ2) is 5.95. The Morgan fingerprint density at radius 3 is 2.48 bits per heavy atom. The highest BCUT2D eigenvalue weighted by Gasteiger charge is 2.12. The second-order valence-corrected chi connectivity index (χ2v) is 5.45. The SMILES string of the molecule is Cc1cccc(C(C)C)c1Nc1ccc(C(=O)O)c(C)n1. The third-order valence-corrected chi connectivity index (χ3v) is 3.50. The minimum Gasteiger partial charge on any atom is -0.478 e. The average molecular weight is 284 g/mol. The summed E-state index contributed by atoms with van der Waals surface area (Å²) in [4.78, 5) is 15.4. The molecule has 21 heavy (non-hydrogen) atoms. The maximum atomic E-state index is 11.0. The Hall–Kier alpha value is -2.36. The van der Waals surface area contributed by atoms with Gasteiger partial charge in [0.1, 0.15) is 5.82 Å². The molecule has 4 nitrogen and oxygen atoms in total. The summed E-state index contributed by atoms with van der Waals surface area (Å²) in [6.45, 7) is 8.04. The molecule has 1 aromatic carbocycles. The molecule has 0 bridgehead atoms. The standard InChI is InChI=1S/C17H20N2O2/c1-10(2)13-7-5-6-11(3)16(13)19-15-9-8-14(17(20)21)12(4)18-15/h5-10H,1-4H3,(H,18,19)(H,20,21). The van der Waals surface area contributed by atoms with Crippen LogP contribution in [-0.4, -0.2) is 16.1 Å². The highest BCUT2D eigenvalue weighted by molar-refractivity contribution is 5.89. The highest BCUT2D eigenvalue weighted by atomic mass is 16.4. The van der Waals surface area contributed by atoms with Crippen LogP contribution >= 0.6 is 0 Å². The molecule has 0 atom stereocenters. The average Bonchev–Trinajstić information content (AvgIpc) is 2.40. The van der Waals surface area contributed by atoms with Gasteiger partial charge in [-0.05, 0) is 43.0 Å². The molecule has 2 rings (SSSR count). The van der Waals surface area contributed by atoms with Crippen molar-refractivity contribution in [3.05, 3.63) is 52.7 Å². The molecule has 1 aromatic heterocycles. The maximum absolute atomic E-state index is 11.0. The smallest absolute Gasteiger partial charge is 0.337 e. The number of hydrogen-bond acceptors (Lipinski definition) is 3. The predicted octanol–water partition coefficient (Wildman–Crippen LogP) is 4.26. The van der Waals surface area contributed by atoms with Gasteiger partial charge >= 0.3 is 5.97 Å². The van der Waals surface area contributed by atoms with Crippen molar-refractivity contribution in [1.82, 2.24) is 4.98 Å². The molecule has 0 radical (unpaired) electrons. The molecule has 4 heteroatoms. The minimum absolute atomic E-state index is 0.231. The van der Waals surface area contributed by atoms with Crippen LogP contribution in [0.15, 0.2) is 30.3 Å². The number of benzene rings is 1. The van der Waals surface area contributed by atoms with Crippen LogP contribution in [-0.2, 0) is 0 Å². The lowest BCUT2D eigenvalue weighted by atomic mass is 9.98. The fraction of sp³-hybridized carbons (Fsp3) is 0.294. The third kappa shape index (κ3) is 3.21. The number of aromatic nitrogens is 1. The summed E-state index contributed by atoms with van der Waals surface area (Å²) in [5.74, 6) is 0.103. The molecule has 0 fully saturated rings. The number of carbonyl (C=O) groups is 1. The lowest BCUT2D eigenvalue weighted by Crippen LogP contribution is -2.05. The zero-order valence-electron chi connectivity index (χ0n) is 12.8. The Balaban J connectivity index is 2.39. The van der Waals surface area contributed by atoms with Crippen molar-refractivity contribution in [3.63, 3.8) is 0 Å². The number of nitrogens with one attached hydrogen (secondary N) is 1. The van der Waals surface area contributed by atoms with Gasteiger partial charge in [0, 0.05) is 5.69 Å². The van der Waals surface area contributed by atoms with Crippen LogP contribution in [0.25, 0.3) is 0 Å². The van der Waals surface area contributed by atoms with Gasteiger partial charge in [-0.15, -0.1) is 0 Å². The van der Waals surface area contributed by atoms with Gasteiger partial charge in [0.25, 0.3) is 0 Å². The van der Waals surface area contributed by atoms with E-state index in [9.17, 15) is 4.79 Å². The molecule has 0 aliphatic heterocycles. The summed E-state index contributed by atoms with van der Waals surface area (Å²) in [6.07, 6.45) is 0. The Morgan fingerprint density at radius 1 is 1.19 bits per heavy atom. The molecule has 2 aromatic rings. The molecule has 0 aliphatic carbocycles. The molecule has 1 heterocycles. The Labute approximate surface area is 124 Å². The first kappa shape index (κ1) is 15.0. The second-order valence-electron chi connectivity index (χ2n) is 5.45. The number of para-hydroxylation sites is 1. The summed E-state index contributed by atoms with van der Waals surface area (Å²) in [6, 6.07) is 9.47. The third-order valence-electron chi connectivity index (χ3n) is 3.50. The number of carboxylic acid groups (broad SMARTS) is 1.